The Labute approximate surface area is 100 Å². The van der Waals surface area contributed by atoms with Crippen molar-refractivity contribution >= 4 is 16.8 Å². The molecule has 1 aromatic rings. The van der Waals surface area contributed by atoms with Crippen LogP contribution in [0.2, 0.25) is 0 Å². The molecule has 0 unspecified atom stereocenters. The number of hydrogen-bond acceptors (Lipinski definition) is 3. The molecule has 0 radical (unpaired) electrons. The molecule has 16 heavy (non-hydrogen) atoms. The van der Waals surface area contributed by atoms with Crippen LogP contribution in [0.3, 0.4) is 0 Å². The second-order valence-electron chi connectivity index (χ2n) is 4.35. The van der Waals surface area contributed by atoms with Gasteiger partial charge in [0, 0.05) is 5.56 Å². The van der Waals surface area contributed by atoms with Crippen LogP contribution in [0.5, 0.6) is 11.5 Å². The van der Waals surface area contributed by atoms with Crippen LogP contribution < -0.4 is 9.47 Å². The van der Waals surface area contributed by atoms with E-state index in [0.29, 0.717) is 17.1 Å². The minimum Gasteiger partial charge on any atom is -0.493 e. The van der Waals surface area contributed by atoms with Gasteiger partial charge >= 0.3 is 0 Å². The molecule has 0 bridgehead atoms. The van der Waals surface area contributed by atoms with Crippen molar-refractivity contribution in [1.29, 1.82) is 0 Å². The molecule has 0 aliphatic carbocycles. The van der Waals surface area contributed by atoms with Gasteiger partial charge < -0.3 is 9.47 Å². The molecule has 0 saturated heterocycles. The molecule has 0 saturated carbocycles. The molecular formula is C12H15ClO3. The normalized spacial score (nSPS) is 11.1. The average molecular weight is 243 g/mol. The van der Waals surface area contributed by atoms with Gasteiger partial charge in [0.05, 0.1) is 7.11 Å². The van der Waals surface area contributed by atoms with Crippen LogP contribution in [0.15, 0.2) is 18.2 Å². The second-order valence-corrected chi connectivity index (χ2v) is 4.70. The van der Waals surface area contributed by atoms with Crippen LogP contribution in [0.1, 0.15) is 31.1 Å². The van der Waals surface area contributed by atoms with Gasteiger partial charge in [-0.15, -0.1) is 0 Å². The van der Waals surface area contributed by atoms with Crippen molar-refractivity contribution in [2.45, 2.75) is 26.4 Å². The minimum atomic E-state index is -0.513. The maximum atomic E-state index is 11.0. The van der Waals surface area contributed by atoms with Gasteiger partial charge in [0.2, 0.25) is 0 Å². The lowest BCUT2D eigenvalue weighted by Crippen LogP contribution is -2.23. The summed E-state index contributed by atoms with van der Waals surface area (Å²) in [5, 5.41) is -0.513. The van der Waals surface area contributed by atoms with Crippen molar-refractivity contribution in [1.82, 2.24) is 0 Å². The van der Waals surface area contributed by atoms with E-state index in [2.05, 4.69) is 0 Å². The topological polar surface area (TPSA) is 35.5 Å². The second kappa shape index (κ2) is 4.74. The third-order valence-corrected chi connectivity index (χ3v) is 2.02. The first-order chi connectivity index (χ1) is 7.33. The van der Waals surface area contributed by atoms with Crippen LogP contribution in [0.4, 0.5) is 0 Å². The van der Waals surface area contributed by atoms with E-state index in [0.717, 1.165) is 0 Å². The van der Waals surface area contributed by atoms with Crippen LogP contribution in [-0.4, -0.2) is 18.0 Å². The van der Waals surface area contributed by atoms with Crippen LogP contribution >= 0.6 is 11.6 Å². The highest BCUT2D eigenvalue weighted by molar-refractivity contribution is 6.67. The molecule has 0 N–H and O–H groups in total. The van der Waals surface area contributed by atoms with Crippen molar-refractivity contribution in [2.75, 3.05) is 7.11 Å². The zero-order valence-electron chi connectivity index (χ0n) is 9.83. The van der Waals surface area contributed by atoms with Gasteiger partial charge in [-0.05, 0) is 50.6 Å². The quantitative estimate of drug-likeness (QED) is 0.764. The van der Waals surface area contributed by atoms with E-state index in [1.807, 2.05) is 20.8 Å². The summed E-state index contributed by atoms with van der Waals surface area (Å²) < 4.78 is 10.8. The summed E-state index contributed by atoms with van der Waals surface area (Å²) in [4.78, 5) is 11.0. The largest absolute Gasteiger partial charge is 0.493 e. The monoisotopic (exact) mass is 242 g/mol. The van der Waals surface area contributed by atoms with Gasteiger partial charge in [0.1, 0.15) is 5.60 Å². The Morgan fingerprint density at radius 2 is 1.88 bits per heavy atom. The molecule has 88 valence electrons. The Morgan fingerprint density at radius 1 is 1.25 bits per heavy atom. The van der Waals surface area contributed by atoms with E-state index in [9.17, 15) is 4.79 Å². The highest BCUT2D eigenvalue weighted by atomic mass is 35.5. The molecule has 0 heterocycles. The number of hydrogen-bond donors (Lipinski definition) is 0. The molecule has 4 heteroatoms. The molecule has 0 amide bonds. The SMILES string of the molecule is COc1ccc(C(=O)Cl)cc1OC(C)(C)C. The summed E-state index contributed by atoms with van der Waals surface area (Å²) in [6, 6.07) is 4.85. The molecule has 3 nitrogen and oxygen atoms in total. The number of carbonyl (C=O) groups is 1. The number of rotatable bonds is 3. The molecule has 0 aliphatic rings. The Kier molecular flexibility index (Phi) is 3.81. The van der Waals surface area contributed by atoms with E-state index >= 15 is 0 Å². The summed E-state index contributed by atoms with van der Waals surface area (Å²) in [6.45, 7) is 5.75. The molecule has 0 aromatic heterocycles. The lowest BCUT2D eigenvalue weighted by atomic mass is 10.1. The van der Waals surface area contributed by atoms with Gasteiger partial charge in [-0.3, -0.25) is 4.79 Å². The first-order valence-corrected chi connectivity index (χ1v) is 5.28. The highest BCUT2D eigenvalue weighted by Gasteiger charge is 2.16. The van der Waals surface area contributed by atoms with E-state index in [4.69, 9.17) is 21.1 Å². The van der Waals surface area contributed by atoms with E-state index < -0.39 is 5.24 Å². The van der Waals surface area contributed by atoms with Crippen molar-refractivity contribution in [3.8, 4) is 11.5 Å². The van der Waals surface area contributed by atoms with E-state index in [1.165, 1.54) is 0 Å². The van der Waals surface area contributed by atoms with Crippen molar-refractivity contribution in [2.24, 2.45) is 0 Å². The third kappa shape index (κ3) is 3.42. The number of halogens is 1. The number of carbonyl (C=O) groups excluding carboxylic acids is 1. The first kappa shape index (κ1) is 12.8. The van der Waals surface area contributed by atoms with E-state index in [1.54, 1.807) is 25.3 Å². The highest BCUT2D eigenvalue weighted by Crippen LogP contribution is 2.31. The van der Waals surface area contributed by atoms with Gasteiger partial charge in [-0.2, -0.15) is 0 Å². The smallest absolute Gasteiger partial charge is 0.252 e. The molecule has 1 aromatic carbocycles. The first-order valence-electron chi connectivity index (χ1n) is 4.90. The molecule has 1 rings (SSSR count). The standard InChI is InChI=1S/C12H15ClO3/c1-12(2,3)16-10-7-8(11(13)14)5-6-9(10)15-4/h5-7H,1-4H3. The van der Waals surface area contributed by atoms with Gasteiger partial charge in [-0.1, -0.05) is 0 Å². The predicted octanol–water partition coefficient (Wildman–Crippen LogP) is 3.25. The molecule has 0 fully saturated rings. The van der Waals surface area contributed by atoms with Gasteiger partial charge in [0.15, 0.2) is 11.5 Å². The van der Waals surface area contributed by atoms with Crippen LogP contribution in [-0.2, 0) is 0 Å². The maximum Gasteiger partial charge on any atom is 0.252 e. The summed E-state index contributed by atoms with van der Waals surface area (Å²) in [5.74, 6) is 1.10. The Bertz CT molecular complexity index is 394. The fourth-order valence-corrected chi connectivity index (χ4v) is 1.33. The Hall–Kier alpha value is -1.22. The lowest BCUT2D eigenvalue weighted by molar-refractivity contribution is 0.107. The molecule has 0 atom stereocenters. The summed E-state index contributed by atoms with van der Waals surface area (Å²) in [6.07, 6.45) is 0. The fraction of sp³-hybridized carbons (Fsp3) is 0.417. The van der Waals surface area contributed by atoms with Crippen molar-refractivity contribution in [3.63, 3.8) is 0 Å². The van der Waals surface area contributed by atoms with Crippen molar-refractivity contribution in [3.05, 3.63) is 23.8 Å². The Morgan fingerprint density at radius 3 is 2.31 bits per heavy atom. The summed E-state index contributed by atoms with van der Waals surface area (Å²) in [7, 11) is 1.55. The zero-order chi connectivity index (χ0) is 12.3. The van der Waals surface area contributed by atoms with Gasteiger partial charge in [-0.25, -0.2) is 0 Å². The lowest BCUT2D eigenvalue weighted by Gasteiger charge is -2.22. The number of benzene rings is 1. The zero-order valence-corrected chi connectivity index (χ0v) is 10.6. The summed E-state index contributed by atoms with van der Waals surface area (Å²) in [5.41, 5.74) is 0.0306. The Balaban J connectivity index is 3.12. The average Bonchev–Trinajstić information content (AvgIpc) is 2.15. The predicted molar refractivity (Wildman–Crippen MR) is 63.6 cm³/mol. The third-order valence-electron chi connectivity index (χ3n) is 1.81. The fourth-order valence-electron chi connectivity index (χ4n) is 1.21. The molecule has 0 aliphatic heterocycles. The van der Waals surface area contributed by atoms with Crippen LogP contribution in [0, 0.1) is 0 Å². The number of ether oxygens (including phenoxy) is 2. The minimum absolute atomic E-state index is 0.360. The van der Waals surface area contributed by atoms with Crippen LogP contribution in [0.25, 0.3) is 0 Å². The molecular weight excluding hydrogens is 228 g/mol. The van der Waals surface area contributed by atoms with Gasteiger partial charge in [0.25, 0.3) is 5.24 Å². The summed E-state index contributed by atoms with van der Waals surface area (Å²) >= 11 is 5.41. The maximum absolute atomic E-state index is 11.0. The van der Waals surface area contributed by atoms with Crippen molar-refractivity contribution < 1.29 is 14.3 Å². The van der Waals surface area contributed by atoms with E-state index in [-0.39, 0.29) is 5.60 Å². The molecule has 0 spiro atoms. The number of methoxy groups -OCH3 is 1.